The second-order valence-corrected chi connectivity index (χ2v) is 4.20. The highest BCUT2D eigenvalue weighted by Gasteiger charge is 2.21. The zero-order valence-electron chi connectivity index (χ0n) is 9.40. The summed E-state index contributed by atoms with van der Waals surface area (Å²) < 4.78 is 5.41. The van der Waals surface area contributed by atoms with Gasteiger partial charge in [0.15, 0.2) is 5.76 Å². The number of carbonyl (C=O) groups excluding carboxylic acids is 1. The van der Waals surface area contributed by atoms with Crippen LogP contribution in [0.2, 0.25) is 0 Å². The molecule has 0 spiro atoms. The highest BCUT2D eigenvalue weighted by molar-refractivity contribution is 5.90. The van der Waals surface area contributed by atoms with E-state index >= 15 is 0 Å². The van der Waals surface area contributed by atoms with Crippen molar-refractivity contribution in [3.63, 3.8) is 0 Å². The number of nitrogens with zero attached hydrogens (tertiary/aromatic N) is 1. The molecule has 0 saturated carbocycles. The Labute approximate surface area is 94.6 Å². The van der Waals surface area contributed by atoms with E-state index in [1.54, 1.807) is 6.07 Å². The van der Waals surface area contributed by atoms with Crippen LogP contribution in [-0.4, -0.2) is 23.4 Å². The SMILES string of the molecule is CC1CCCN1Cc1ccc(C(=O)NN)o1. The molecule has 1 aliphatic heterocycles. The van der Waals surface area contributed by atoms with Crippen LogP contribution in [-0.2, 0) is 6.54 Å². The maximum atomic E-state index is 11.2. The zero-order valence-corrected chi connectivity index (χ0v) is 9.40. The molecule has 3 N–H and O–H groups in total. The summed E-state index contributed by atoms with van der Waals surface area (Å²) in [6, 6.07) is 4.07. The fourth-order valence-electron chi connectivity index (χ4n) is 2.08. The molecule has 1 fully saturated rings. The van der Waals surface area contributed by atoms with Crippen LogP contribution in [0.4, 0.5) is 0 Å². The van der Waals surface area contributed by atoms with E-state index in [0.717, 1.165) is 18.8 Å². The lowest BCUT2D eigenvalue weighted by Crippen LogP contribution is -2.29. The molecule has 5 heteroatoms. The average Bonchev–Trinajstić information content (AvgIpc) is 2.89. The quantitative estimate of drug-likeness (QED) is 0.453. The van der Waals surface area contributed by atoms with E-state index in [-0.39, 0.29) is 11.7 Å². The molecule has 0 radical (unpaired) electrons. The normalized spacial score (nSPS) is 21.2. The molecular weight excluding hydrogens is 206 g/mol. The third kappa shape index (κ3) is 2.25. The lowest BCUT2D eigenvalue weighted by molar-refractivity contribution is 0.0922. The smallest absolute Gasteiger partial charge is 0.300 e. The van der Waals surface area contributed by atoms with Crippen molar-refractivity contribution in [3.05, 3.63) is 23.7 Å². The van der Waals surface area contributed by atoms with Crippen LogP contribution in [0, 0.1) is 0 Å². The summed E-state index contributed by atoms with van der Waals surface area (Å²) in [5.74, 6) is 5.72. The number of nitrogens with two attached hydrogens (primary N) is 1. The fraction of sp³-hybridized carbons (Fsp3) is 0.545. The van der Waals surface area contributed by atoms with Gasteiger partial charge in [-0.3, -0.25) is 15.1 Å². The zero-order chi connectivity index (χ0) is 11.5. The number of hydrazine groups is 1. The van der Waals surface area contributed by atoms with Gasteiger partial charge in [0, 0.05) is 6.04 Å². The predicted molar refractivity (Wildman–Crippen MR) is 59.5 cm³/mol. The van der Waals surface area contributed by atoms with Crippen molar-refractivity contribution in [2.45, 2.75) is 32.4 Å². The van der Waals surface area contributed by atoms with Gasteiger partial charge in [0.25, 0.3) is 0 Å². The predicted octanol–water partition coefficient (Wildman–Crippen LogP) is 0.867. The molecule has 88 valence electrons. The summed E-state index contributed by atoms with van der Waals surface area (Å²) in [7, 11) is 0. The van der Waals surface area contributed by atoms with E-state index < -0.39 is 0 Å². The van der Waals surface area contributed by atoms with Crippen LogP contribution in [0.1, 0.15) is 36.1 Å². The monoisotopic (exact) mass is 223 g/mol. The standard InChI is InChI=1S/C11H17N3O2/c1-8-3-2-6-14(8)7-9-4-5-10(16-9)11(15)13-12/h4-5,8H,2-3,6-7,12H2,1H3,(H,13,15). The highest BCUT2D eigenvalue weighted by atomic mass is 16.4. The minimum Gasteiger partial charge on any atom is -0.455 e. The second kappa shape index (κ2) is 4.67. The topological polar surface area (TPSA) is 71.5 Å². The van der Waals surface area contributed by atoms with Gasteiger partial charge in [-0.05, 0) is 38.4 Å². The molecule has 1 aliphatic rings. The van der Waals surface area contributed by atoms with Crippen molar-refractivity contribution >= 4 is 5.91 Å². The van der Waals surface area contributed by atoms with Gasteiger partial charge in [-0.25, -0.2) is 5.84 Å². The van der Waals surface area contributed by atoms with Gasteiger partial charge in [-0.15, -0.1) is 0 Å². The van der Waals surface area contributed by atoms with Crippen LogP contribution in [0.25, 0.3) is 0 Å². The Kier molecular flexibility index (Phi) is 3.26. The Morgan fingerprint density at radius 1 is 1.69 bits per heavy atom. The van der Waals surface area contributed by atoms with Crippen molar-refractivity contribution in [3.8, 4) is 0 Å². The first-order valence-electron chi connectivity index (χ1n) is 5.54. The van der Waals surface area contributed by atoms with E-state index in [1.807, 2.05) is 6.07 Å². The Bertz CT molecular complexity index is 375. The van der Waals surface area contributed by atoms with Crippen LogP contribution < -0.4 is 11.3 Å². The Balaban J connectivity index is 1.99. The summed E-state index contributed by atoms with van der Waals surface area (Å²) in [6.45, 7) is 4.07. The van der Waals surface area contributed by atoms with E-state index in [4.69, 9.17) is 10.3 Å². The molecule has 1 aromatic rings. The number of nitrogens with one attached hydrogen (secondary N) is 1. The molecule has 1 aromatic heterocycles. The van der Waals surface area contributed by atoms with Gasteiger partial charge in [0.1, 0.15) is 5.76 Å². The summed E-state index contributed by atoms with van der Waals surface area (Å²) >= 11 is 0. The summed E-state index contributed by atoms with van der Waals surface area (Å²) in [6.07, 6.45) is 2.47. The molecule has 1 atom stereocenters. The highest BCUT2D eigenvalue weighted by Crippen LogP contribution is 2.20. The van der Waals surface area contributed by atoms with Gasteiger partial charge in [-0.1, -0.05) is 0 Å². The molecule has 2 rings (SSSR count). The fourth-order valence-corrected chi connectivity index (χ4v) is 2.08. The number of carbonyl (C=O) groups is 1. The first-order chi connectivity index (χ1) is 7.70. The van der Waals surface area contributed by atoms with Crippen molar-refractivity contribution < 1.29 is 9.21 Å². The number of likely N-dealkylation sites (tertiary alicyclic amines) is 1. The van der Waals surface area contributed by atoms with Crippen LogP contribution in [0.3, 0.4) is 0 Å². The molecule has 0 bridgehead atoms. The molecule has 5 nitrogen and oxygen atoms in total. The maximum Gasteiger partial charge on any atom is 0.300 e. The van der Waals surface area contributed by atoms with E-state index in [1.165, 1.54) is 12.8 Å². The van der Waals surface area contributed by atoms with Crippen molar-refractivity contribution in [2.75, 3.05) is 6.54 Å². The van der Waals surface area contributed by atoms with Crippen molar-refractivity contribution in [2.24, 2.45) is 5.84 Å². The van der Waals surface area contributed by atoms with E-state index in [0.29, 0.717) is 6.04 Å². The first kappa shape index (κ1) is 11.2. The largest absolute Gasteiger partial charge is 0.455 e. The van der Waals surface area contributed by atoms with Crippen LogP contribution in [0.5, 0.6) is 0 Å². The van der Waals surface area contributed by atoms with E-state index in [2.05, 4.69) is 17.2 Å². The van der Waals surface area contributed by atoms with Gasteiger partial charge >= 0.3 is 5.91 Å². The molecule has 16 heavy (non-hydrogen) atoms. The Hall–Kier alpha value is -1.33. The minimum absolute atomic E-state index is 0.268. The van der Waals surface area contributed by atoms with Gasteiger partial charge in [0.05, 0.1) is 6.54 Å². The minimum atomic E-state index is -0.388. The first-order valence-corrected chi connectivity index (χ1v) is 5.54. The van der Waals surface area contributed by atoms with Gasteiger partial charge < -0.3 is 4.42 Å². The van der Waals surface area contributed by atoms with E-state index in [9.17, 15) is 4.79 Å². The Morgan fingerprint density at radius 3 is 3.12 bits per heavy atom. The Morgan fingerprint density at radius 2 is 2.50 bits per heavy atom. The van der Waals surface area contributed by atoms with Crippen LogP contribution >= 0.6 is 0 Å². The summed E-state index contributed by atoms with van der Waals surface area (Å²) in [4.78, 5) is 13.5. The van der Waals surface area contributed by atoms with Crippen molar-refractivity contribution in [1.29, 1.82) is 0 Å². The summed E-state index contributed by atoms with van der Waals surface area (Å²) in [5, 5.41) is 0. The summed E-state index contributed by atoms with van der Waals surface area (Å²) in [5.41, 5.74) is 2.05. The number of furan rings is 1. The lowest BCUT2D eigenvalue weighted by Gasteiger charge is -2.19. The van der Waals surface area contributed by atoms with Gasteiger partial charge in [-0.2, -0.15) is 0 Å². The van der Waals surface area contributed by atoms with Crippen molar-refractivity contribution in [1.82, 2.24) is 10.3 Å². The number of amides is 1. The molecular formula is C11H17N3O2. The third-order valence-electron chi connectivity index (χ3n) is 3.07. The molecule has 0 aromatic carbocycles. The molecule has 1 saturated heterocycles. The molecule has 2 heterocycles. The van der Waals surface area contributed by atoms with Gasteiger partial charge in [0.2, 0.25) is 0 Å². The average molecular weight is 223 g/mol. The molecule has 1 amide bonds. The molecule has 0 aliphatic carbocycles. The number of hydrogen-bond donors (Lipinski definition) is 2. The number of rotatable bonds is 3. The van der Waals surface area contributed by atoms with Crippen LogP contribution in [0.15, 0.2) is 16.5 Å². The molecule has 1 unspecified atom stereocenters. The number of hydrogen-bond acceptors (Lipinski definition) is 4. The number of nitrogen functional groups attached to an aromatic ring is 1. The second-order valence-electron chi connectivity index (χ2n) is 4.20. The maximum absolute atomic E-state index is 11.2. The third-order valence-corrected chi connectivity index (χ3v) is 3.07. The lowest BCUT2D eigenvalue weighted by atomic mass is 10.2.